The van der Waals surface area contributed by atoms with Crippen molar-refractivity contribution in [2.24, 2.45) is 5.73 Å². The van der Waals surface area contributed by atoms with Gasteiger partial charge in [-0.05, 0) is 54.1 Å². The fourth-order valence-corrected chi connectivity index (χ4v) is 2.87. The van der Waals surface area contributed by atoms with E-state index in [1.54, 1.807) is 24.3 Å². The van der Waals surface area contributed by atoms with Crippen LogP contribution in [-0.4, -0.2) is 29.6 Å². The van der Waals surface area contributed by atoms with E-state index in [-0.39, 0.29) is 14.0 Å². The highest BCUT2D eigenvalue weighted by Gasteiger charge is 2.19. The summed E-state index contributed by atoms with van der Waals surface area (Å²) in [6, 6.07) is 23.7. The summed E-state index contributed by atoms with van der Waals surface area (Å²) in [5.74, 6) is 4.93. The number of anilines is 1. The van der Waals surface area contributed by atoms with E-state index in [0.717, 1.165) is 28.9 Å². The van der Waals surface area contributed by atoms with Crippen molar-refractivity contribution in [1.82, 2.24) is 10.8 Å². The number of carbonyl (C=O) groups excluding carboxylic acids is 2. The molecule has 2 amide bonds. The smallest absolute Gasteiger partial charge is 0.267 e. The van der Waals surface area contributed by atoms with Gasteiger partial charge in [-0.1, -0.05) is 49.6 Å². The summed E-state index contributed by atoms with van der Waals surface area (Å²) in [5.41, 5.74) is 11.1. The number of hydrogen-bond donors (Lipinski definition) is 5. The summed E-state index contributed by atoms with van der Waals surface area (Å²) in [6.45, 7) is 0.592. The topological polar surface area (TPSA) is 116 Å². The van der Waals surface area contributed by atoms with Crippen molar-refractivity contribution in [3.05, 3.63) is 101 Å². The normalized spacial score (nSPS) is 10.6. The minimum atomic E-state index is -1.02. The van der Waals surface area contributed by atoms with Gasteiger partial charge in [0, 0.05) is 35.5 Å². The average molecular weight is 445 g/mol. The Bertz CT molecular complexity index is 1100. The first-order valence-corrected chi connectivity index (χ1v) is 10.0. The molecule has 7 heteroatoms. The van der Waals surface area contributed by atoms with Gasteiger partial charge >= 0.3 is 0 Å². The zero-order valence-corrected chi connectivity index (χ0v) is 17.3. The Morgan fingerprint density at radius 2 is 1.45 bits per heavy atom. The number of para-hydroxylation sites is 1. The second-order valence-electron chi connectivity index (χ2n) is 6.98. The predicted molar refractivity (Wildman–Crippen MR) is 130 cm³/mol. The Hall–Kier alpha value is -4.12. The molecule has 3 aromatic carbocycles. The van der Waals surface area contributed by atoms with E-state index in [2.05, 4.69) is 22.5 Å². The number of hydroxylamine groups is 1. The van der Waals surface area contributed by atoms with E-state index in [1.807, 2.05) is 54.6 Å². The second kappa shape index (κ2) is 12.7. The fourth-order valence-electron chi connectivity index (χ4n) is 2.87. The Morgan fingerprint density at radius 1 is 0.879 bits per heavy atom. The first-order valence-electron chi connectivity index (χ1n) is 10.0. The zero-order chi connectivity index (χ0) is 22.8. The van der Waals surface area contributed by atoms with E-state index in [4.69, 9.17) is 10.9 Å². The number of nitrogens with one attached hydrogen (secondary N) is 3. The van der Waals surface area contributed by atoms with Crippen LogP contribution in [0.3, 0.4) is 0 Å². The van der Waals surface area contributed by atoms with Crippen LogP contribution in [0.25, 0.3) is 0 Å². The number of nitrogens with two attached hydrogens (primary N) is 1. The molecule has 3 rings (SSSR count). The summed E-state index contributed by atoms with van der Waals surface area (Å²) < 4.78 is 0. The third-order valence-corrected chi connectivity index (χ3v) is 4.69. The van der Waals surface area contributed by atoms with E-state index in [0.29, 0.717) is 5.56 Å². The van der Waals surface area contributed by atoms with E-state index >= 15 is 0 Å². The lowest BCUT2D eigenvalue weighted by Crippen LogP contribution is -2.50. The molecular formula is C26H28N4O3. The van der Waals surface area contributed by atoms with Crippen LogP contribution in [0.4, 0.5) is 5.69 Å². The van der Waals surface area contributed by atoms with Crippen LogP contribution in [0.5, 0.6) is 0 Å². The van der Waals surface area contributed by atoms with Crippen molar-refractivity contribution in [3.8, 4) is 11.8 Å². The van der Waals surface area contributed by atoms with Crippen LogP contribution in [0.15, 0.2) is 78.9 Å². The van der Waals surface area contributed by atoms with Gasteiger partial charge in [0.05, 0.1) is 0 Å². The van der Waals surface area contributed by atoms with Crippen molar-refractivity contribution >= 4 is 17.5 Å². The Morgan fingerprint density at radius 3 is 2.00 bits per heavy atom. The Kier molecular flexibility index (Phi) is 9.65. The number of carbonyl (C=O) groups is 2. The second-order valence-corrected chi connectivity index (χ2v) is 6.98. The summed E-state index contributed by atoms with van der Waals surface area (Å²) in [7, 11) is 0. The van der Waals surface area contributed by atoms with Crippen molar-refractivity contribution < 1.29 is 14.8 Å². The quantitative estimate of drug-likeness (QED) is 0.218. The van der Waals surface area contributed by atoms with Gasteiger partial charge in [-0.3, -0.25) is 14.8 Å². The lowest BCUT2D eigenvalue weighted by molar-refractivity contribution is -0.130. The van der Waals surface area contributed by atoms with Crippen molar-refractivity contribution in [1.29, 1.82) is 0 Å². The van der Waals surface area contributed by atoms with Gasteiger partial charge in [-0.2, -0.15) is 0 Å². The summed E-state index contributed by atoms with van der Waals surface area (Å²) in [6.07, 6.45) is 0. The maximum atomic E-state index is 12.2. The van der Waals surface area contributed by atoms with Gasteiger partial charge in [0.25, 0.3) is 11.8 Å². The molecule has 7 nitrogen and oxygen atoms in total. The SMILES string of the molecule is C.NC[C@H](NC(=O)c1ccc(C#Cc2ccc(CNc3ccccc3)cc2)cc1)C(=O)NO. The monoisotopic (exact) mass is 444 g/mol. The average Bonchev–Trinajstić information content (AvgIpc) is 2.85. The standard InChI is InChI=1S/C25H24N4O3.CH4/c26-16-23(25(31)29-32)28-24(30)21-14-12-19(13-15-21)7-6-18-8-10-20(11-9-18)17-27-22-4-2-1-3-5-22;/h1-5,8-15,23,27,32H,16-17,26H2,(H,28,30)(H,29,31);1H4/t23-;/m0./s1. The van der Waals surface area contributed by atoms with E-state index in [1.165, 1.54) is 5.48 Å². The van der Waals surface area contributed by atoms with Crippen molar-refractivity contribution in [2.75, 3.05) is 11.9 Å². The van der Waals surface area contributed by atoms with Gasteiger partial charge in [0.1, 0.15) is 6.04 Å². The third kappa shape index (κ3) is 7.51. The van der Waals surface area contributed by atoms with Gasteiger partial charge < -0.3 is 16.4 Å². The minimum Gasteiger partial charge on any atom is -0.381 e. The van der Waals surface area contributed by atoms with Gasteiger partial charge in [0.15, 0.2) is 0 Å². The molecule has 0 spiro atoms. The molecule has 6 N–H and O–H groups in total. The number of amides is 2. The molecule has 0 saturated heterocycles. The molecule has 0 aliphatic carbocycles. The molecule has 0 heterocycles. The molecule has 0 saturated carbocycles. The summed E-state index contributed by atoms with van der Waals surface area (Å²) in [5, 5.41) is 14.5. The zero-order valence-electron chi connectivity index (χ0n) is 17.3. The lowest BCUT2D eigenvalue weighted by atomic mass is 10.1. The van der Waals surface area contributed by atoms with Gasteiger partial charge in [-0.25, -0.2) is 5.48 Å². The highest BCUT2D eigenvalue weighted by atomic mass is 16.5. The largest absolute Gasteiger partial charge is 0.381 e. The fraction of sp³-hybridized carbons (Fsp3) is 0.154. The molecule has 0 unspecified atom stereocenters. The van der Waals surface area contributed by atoms with Crippen molar-refractivity contribution in [3.63, 3.8) is 0 Å². The molecule has 0 aliphatic rings. The summed E-state index contributed by atoms with van der Waals surface area (Å²) >= 11 is 0. The van der Waals surface area contributed by atoms with Crippen LogP contribution < -0.4 is 21.8 Å². The van der Waals surface area contributed by atoms with E-state index in [9.17, 15) is 9.59 Å². The molecule has 0 bridgehead atoms. The maximum Gasteiger partial charge on any atom is 0.267 e. The molecule has 0 aromatic heterocycles. The molecule has 0 fully saturated rings. The molecule has 0 aliphatic heterocycles. The molecular weight excluding hydrogens is 416 g/mol. The van der Waals surface area contributed by atoms with Crippen LogP contribution in [0.2, 0.25) is 0 Å². The van der Waals surface area contributed by atoms with Crippen LogP contribution >= 0.6 is 0 Å². The number of hydrogen-bond acceptors (Lipinski definition) is 5. The van der Waals surface area contributed by atoms with Crippen LogP contribution in [-0.2, 0) is 11.3 Å². The molecule has 33 heavy (non-hydrogen) atoms. The lowest BCUT2D eigenvalue weighted by Gasteiger charge is -2.14. The minimum absolute atomic E-state index is 0. The molecule has 1 atom stereocenters. The molecule has 170 valence electrons. The first kappa shape index (κ1) is 25.1. The maximum absolute atomic E-state index is 12.2. The first-order chi connectivity index (χ1) is 15.6. The third-order valence-electron chi connectivity index (χ3n) is 4.69. The van der Waals surface area contributed by atoms with Crippen molar-refractivity contribution in [2.45, 2.75) is 20.0 Å². The number of rotatable bonds is 7. The highest BCUT2D eigenvalue weighted by molar-refractivity contribution is 5.97. The Balaban J connectivity index is 0.00000385. The van der Waals surface area contributed by atoms with Crippen LogP contribution in [0, 0.1) is 11.8 Å². The Labute approximate surface area is 194 Å². The van der Waals surface area contributed by atoms with Crippen LogP contribution in [0.1, 0.15) is 34.5 Å². The van der Waals surface area contributed by atoms with Gasteiger partial charge in [0.2, 0.25) is 0 Å². The predicted octanol–water partition coefficient (Wildman–Crippen LogP) is 2.90. The molecule has 0 radical (unpaired) electrons. The van der Waals surface area contributed by atoms with E-state index < -0.39 is 17.9 Å². The summed E-state index contributed by atoms with van der Waals surface area (Å²) in [4.78, 5) is 23.7. The number of benzene rings is 3. The highest BCUT2D eigenvalue weighted by Crippen LogP contribution is 2.10. The van der Waals surface area contributed by atoms with Gasteiger partial charge in [-0.15, -0.1) is 0 Å². The molecule has 3 aromatic rings.